The third-order valence-corrected chi connectivity index (χ3v) is 7.61. The molecular formula is C22H21ClN4O3S2. The second-order valence-corrected chi connectivity index (χ2v) is 10.5. The van der Waals surface area contributed by atoms with E-state index < -0.39 is 11.2 Å². The summed E-state index contributed by atoms with van der Waals surface area (Å²) in [6.45, 7) is 3.66. The van der Waals surface area contributed by atoms with Crippen LogP contribution in [0.2, 0.25) is 5.02 Å². The quantitative estimate of drug-likeness (QED) is 0.490. The number of halogens is 1. The maximum absolute atomic E-state index is 13.4. The molecule has 1 aromatic carbocycles. The maximum Gasteiger partial charge on any atom is 0.256 e. The van der Waals surface area contributed by atoms with Crippen molar-refractivity contribution in [1.29, 1.82) is 0 Å². The molecule has 0 spiro atoms. The van der Waals surface area contributed by atoms with Crippen LogP contribution in [0.15, 0.2) is 56.5 Å². The molecule has 2 atom stereocenters. The monoisotopic (exact) mass is 488 g/mol. The Balaban J connectivity index is 1.56. The lowest BCUT2D eigenvalue weighted by Gasteiger charge is -2.22. The van der Waals surface area contributed by atoms with E-state index in [4.69, 9.17) is 21.8 Å². The van der Waals surface area contributed by atoms with Gasteiger partial charge in [0.15, 0.2) is 4.34 Å². The number of nitrogens with zero attached hydrogens (tertiary/aromatic N) is 3. The number of carbonyl (C=O) groups excluding carboxylic acids is 2. The van der Waals surface area contributed by atoms with E-state index in [1.165, 1.54) is 28.1 Å². The lowest BCUT2D eigenvalue weighted by atomic mass is 10.0. The first-order chi connectivity index (χ1) is 15.3. The molecule has 3 heterocycles. The Morgan fingerprint density at radius 2 is 2.09 bits per heavy atom. The van der Waals surface area contributed by atoms with Crippen molar-refractivity contribution in [3.05, 3.63) is 69.6 Å². The summed E-state index contributed by atoms with van der Waals surface area (Å²) in [6, 6.07) is 10.7. The molecule has 7 nitrogen and oxygen atoms in total. The van der Waals surface area contributed by atoms with E-state index in [-0.39, 0.29) is 18.4 Å². The van der Waals surface area contributed by atoms with Crippen LogP contribution in [0.5, 0.6) is 0 Å². The number of nitrogens with two attached hydrogens (primary N) is 1. The first kappa shape index (κ1) is 22.6. The SMILES string of the molecule is Cc1nc(SC(C)C(=O)N2N=C(c3ccc(Cl)cc3)CC2c2ccco2)sc1CC(N)=O. The Morgan fingerprint density at radius 1 is 1.34 bits per heavy atom. The molecule has 2 N–H and O–H groups in total. The molecule has 10 heteroatoms. The zero-order valence-corrected chi connectivity index (χ0v) is 19.8. The van der Waals surface area contributed by atoms with Crippen molar-refractivity contribution in [2.75, 3.05) is 0 Å². The van der Waals surface area contributed by atoms with Crippen molar-refractivity contribution < 1.29 is 14.0 Å². The highest BCUT2D eigenvalue weighted by atomic mass is 35.5. The van der Waals surface area contributed by atoms with Crippen LogP contribution < -0.4 is 5.73 Å². The second kappa shape index (κ2) is 9.48. The molecular weight excluding hydrogens is 468 g/mol. The molecule has 0 fully saturated rings. The smallest absolute Gasteiger partial charge is 0.256 e. The van der Waals surface area contributed by atoms with Gasteiger partial charge in [0.2, 0.25) is 5.91 Å². The highest BCUT2D eigenvalue weighted by Crippen LogP contribution is 2.37. The predicted octanol–water partition coefficient (Wildman–Crippen LogP) is 4.58. The number of hydrogen-bond donors (Lipinski definition) is 1. The number of amides is 2. The maximum atomic E-state index is 13.4. The first-order valence-electron chi connectivity index (χ1n) is 9.93. The lowest BCUT2D eigenvalue weighted by molar-refractivity contribution is -0.132. The minimum absolute atomic E-state index is 0.147. The summed E-state index contributed by atoms with van der Waals surface area (Å²) in [6.07, 6.45) is 2.28. The fourth-order valence-corrected chi connectivity index (χ4v) is 5.95. The van der Waals surface area contributed by atoms with E-state index in [1.54, 1.807) is 24.5 Å². The molecule has 2 aromatic heterocycles. The van der Waals surface area contributed by atoms with Gasteiger partial charge in [-0.2, -0.15) is 5.10 Å². The van der Waals surface area contributed by atoms with Crippen LogP contribution in [0.3, 0.4) is 0 Å². The predicted molar refractivity (Wildman–Crippen MR) is 126 cm³/mol. The molecule has 0 bridgehead atoms. The van der Waals surface area contributed by atoms with Gasteiger partial charge in [0.1, 0.15) is 11.8 Å². The number of thiazole rings is 1. The topological polar surface area (TPSA) is 102 Å². The number of thioether (sulfide) groups is 1. The number of furan rings is 1. The van der Waals surface area contributed by atoms with Crippen molar-refractivity contribution >= 4 is 52.2 Å². The van der Waals surface area contributed by atoms with Crippen LogP contribution in [0.25, 0.3) is 0 Å². The van der Waals surface area contributed by atoms with Gasteiger partial charge in [-0.25, -0.2) is 9.99 Å². The second-order valence-electron chi connectivity index (χ2n) is 7.36. The van der Waals surface area contributed by atoms with Crippen molar-refractivity contribution in [1.82, 2.24) is 9.99 Å². The molecule has 3 aromatic rings. The summed E-state index contributed by atoms with van der Waals surface area (Å²) in [7, 11) is 0. The molecule has 32 heavy (non-hydrogen) atoms. The number of aromatic nitrogens is 1. The van der Waals surface area contributed by atoms with Crippen molar-refractivity contribution in [2.24, 2.45) is 10.8 Å². The van der Waals surface area contributed by atoms with E-state index in [0.29, 0.717) is 17.2 Å². The fraction of sp³-hybridized carbons (Fsp3) is 0.273. The molecule has 2 amide bonds. The zero-order chi connectivity index (χ0) is 22.8. The van der Waals surface area contributed by atoms with Gasteiger partial charge in [-0.1, -0.05) is 35.5 Å². The van der Waals surface area contributed by atoms with Crippen molar-refractivity contribution in [3.63, 3.8) is 0 Å². The van der Waals surface area contributed by atoms with Gasteiger partial charge in [0, 0.05) is 16.3 Å². The third-order valence-electron chi connectivity index (χ3n) is 5.02. The highest BCUT2D eigenvalue weighted by molar-refractivity contribution is 8.02. The number of primary amides is 1. The standard InChI is InChI=1S/C22H21ClN4O3S2/c1-12-19(11-20(24)28)32-22(25-12)31-13(2)21(29)27-17(18-4-3-9-30-18)10-16(26-27)14-5-7-15(23)8-6-14/h3-9,13,17H,10-11H2,1-2H3,(H2,24,28). The molecule has 1 aliphatic heterocycles. The summed E-state index contributed by atoms with van der Waals surface area (Å²) in [5, 5.41) is 6.36. The van der Waals surface area contributed by atoms with Gasteiger partial charge >= 0.3 is 0 Å². The average Bonchev–Trinajstić information content (AvgIpc) is 3.48. The number of carbonyl (C=O) groups is 2. The minimum atomic E-state index is -0.437. The number of rotatable bonds is 7. The van der Waals surface area contributed by atoms with E-state index in [1.807, 2.05) is 32.0 Å². The molecule has 0 aliphatic carbocycles. The van der Waals surface area contributed by atoms with Gasteiger partial charge < -0.3 is 10.2 Å². The molecule has 4 rings (SSSR count). The third kappa shape index (κ3) is 4.90. The molecule has 0 saturated carbocycles. The van der Waals surface area contributed by atoms with Crippen LogP contribution in [0.4, 0.5) is 0 Å². The summed E-state index contributed by atoms with van der Waals surface area (Å²) in [5.74, 6) is 0.126. The highest BCUT2D eigenvalue weighted by Gasteiger charge is 2.37. The summed E-state index contributed by atoms with van der Waals surface area (Å²) in [4.78, 5) is 30.0. The number of hydrazone groups is 1. The average molecular weight is 489 g/mol. The van der Waals surface area contributed by atoms with Gasteiger partial charge in [-0.05, 0) is 43.7 Å². The fourth-order valence-electron chi connectivity index (χ4n) is 3.39. The van der Waals surface area contributed by atoms with E-state index in [0.717, 1.165) is 26.2 Å². The Labute approximate surface area is 198 Å². The van der Waals surface area contributed by atoms with Gasteiger partial charge in [-0.3, -0.25) is 9.59 Å². The molecule has 1 aliphatic rings. The van der Waals surface area contributed by atoms with Crippen molar-refractivity contribution in [2.45, 2.75) is 42.3 Å². The Hall–Kier alpha value is -2.62. The largest absolute Gasteiger partial charge is 0.467 e. The first-order valence-corrected chi connectivity index (χ1v) is 12.0. The number of aryl methyl sites for hydroxylation is 1. The summed E-state index contributed by atoms with van der Waals surface area (Å²) < 4.78 is 6.32. The Kier molecular flexibility index (Phi) is 6.68. The Morgan fingerprint density at radius 3 is 2.75 bits per heavy atom. The van der Waals surface area contributed by atoms with E-state index >= 15 is 0 Å². The van der Waals surface area contributed by atoms with Crippen LogP contribution in [-0.4, -0.2) is 32.8 Å². The summed E-state index contributed by atoms with van der Waals surface area (Å²) >= 11 is 8.75. The van der Waals surface area contributed by atoms with E-state index in [9.17, 15) is 9.59 Å². The number of benzene rings is 1. The minimum Gasteiger partial charge on any atom is -0.467 e. The molecule has 166 valence electrons. The van der Waals surface area contributed by atoms with Gasteiger partial charge in [0.05, 0.1) is 29.3 Å². The number of hydrogen-bond acceptors (Lipinski definition) is 7. The van der Waals surface area contributed by atoms with Crippen LogP contribution in [0, 0.1) is 6.92 Å². The Bertz CT molecular complexity index is 1160. The van der Waals surface area contributed by atoms with Gasteiger partial charge in [0.25, 0.3) is 5.91 Å². The zero-order valence-electron chi connectivity index (χ0n) is 17.4. The normalized spacial score (nSPS) is 16.8. The van der Waals surface area contributed by atoms with Crippen LogP contribution >= 0.6 is 34.7 Å². The molecule has 0 saturated heterocycles. The van der Waals surface area contributed by atoms with Gasteiger partial charge in [-0.15, -0.1) is 11.3 Å². The summed E-state index contributed by atoms with van der Waals surface area (Å²) in [5.41, 5.74) is 7.77. The van der Waals surface area contributed by atoms with Crippen molar-refractivity contribution in [3.8, 4) is 0 Å². The van der Waals surface area contributed by atoms with Crippen LogP contribution in [-0.2, 0) is 16.0 Å². The van der Waals surface area contributed by atoms with E-state index in [2.05, 4.69) is 10.1 Å². The lowest BCUT2D eigenvalue weighted by Crippen LogP contribution is -2.33. The molecule has 2 unspecified atom stereocenters. The van der Waals surface area contributed by atoms with Crippen LogP contribution in [0.1, 0.15) is 41.3 Å². The molecule has 0 radical (unpaired) electrons.